The molecule has 9 heteroatoms. The summed E-state index contributed by atoms with van der Waals surface area (Å²) in [6, 6.07) is 9.04. The Bertz CT molecular complexity index is 661. The van der Waals surface area contributed by atoms with Gasteiger partial charge in [-0.2, -0.15) is 0 Å². The molecule has 1 aliphatic heterocycles. The molecule has 1 unspecified atom stereocenters. The molecular weight excluding hydrogens is 320 g/mol. The van der Waals surface area contributed by atoms with E-state index in [1.165, 1.54) is 0 Å². The number of nitrogens with zero attached hydrogens (tertiary/aromatic N) is 1. The van der Waals surface area contributed by atoms with E-state index in [0.29, 0.717) is 4.90 Å². The number of rotatable bonds is 5. The van der Waals surface area contributed by atoms with Crippen molar-refractivity contribution < 1.29 is 33.5 Å². The quantitative estimate of drug-likeness (QED) is 0.245. The number of hydrogen-bond donors (Lipinski definition) is 1. The number of hydrogen-bond acceptors (Lipinski definition) is 7. The number of methoxy groups -OCH3 is 2. The minimum absolute atomic E-state index is 0.0887. The molecule has 1 atom stereocenters. The van der Waals surface area contributed by atoms with Gasteiger partial charge >= 0.3 is 11.9 Å². The SMILES string of the molecule is COC(=O)C(=O)N1CC(OC)(C(=O)NOCc2ccccc2)C1=O. The fraction of sp³-hybridized carbons (Fsp3) is 0.333. The van der Waals surface area contributed by atoms with Gasteiger partial charge in [-0.1, -0.05) is 30.3 Å². The lowest BCUT2D eigenvalue weighted by atomic mass is 9.91. The number of nitrogens with one attached hydrogen (secondary N) is 1. The minimum atomic E-state index is -1.90. The van der Waals surface area contributed by atoms with Crippen molar-refractivity contribution >= 4 is 23.7 Å². The van der Waals surface area contributed by atoms with Crippen molar-refractivity contribution in [1.82, 2.24) is 10.4 Å². The number of benzene rings is 1. The van der Waals surface area contributed by atoms with E-state index in [9.17, 15) is 19.2 Å². The summed E-state index contributed by atoms with van der Waals surface area (Å²) in [7, 11) is 2.16. The van der Waals surface area contributed by atoms with Gasteiger partial charge in [0, 0.05) is 7.11 Å². The molecule has 0 aliphatic carbocycles. The molecule has 1 aromatic carbocycles. The van der Waals surface area contributed by atoms with Gasteiger partial charge in [-0.15, -0.1) is 0 Å². The molecule has 24 heavy (non-hydrogen) atoms. The van der Waals surface area contributed by atoms with Crippen LogP contribution in [0.2, 0.25) is 0 Å². The van der Waals surface area contributed by atoms with Crippen LogP contribution in [0.3, 0.4) is 0 Å². The number of esters is 1. The summed E-state index contributed by atoms with van der Waals surface area (Å²) >= 11 is 0. The van der Waals surface area contributed by atoms with E-state index in [4.69, 9.17) is 9.57 Å². The normalized spacial score (nSPS) is 19.4. The van der Waals surface area contributed by atoms with Crippen LogP contribution in [0.5, 0.6) is 0 Å². The molecular formula is C15H16N2O7. The average Bonchev–Trinajstić information content (AvgIpc) is 2.61. The number of carbonyl (C=O) groups is 4. The van der Waals surface area contributed by atoms with Crippen LogP contribution in [0.4, 0.5) is 0 Å². The predicted molar refractivity (Wildman–Crippen MR) is 77.8 cm³/mol. The minimum Gasteiger partial charge on any atom is -0.462 e. The van der Waals surface area contributed by atoms with Crippen LogP contribution >= 0.6 is 0 Å². The van der Waals surface area contributed by atoms with Crippen LogP contribution < -0.4 is 5.48 Å². The van der Waals surface area contributed by atoms with E-state index in [-0.39, 0.29) is 6.61 Å². The van der Waals surface area contributed by atoms with E-state index in [0.717, 1.165) is 19.8 Å². The van der Waals surface area contributed by atoms with E-state index in [2.05, 4.69) is 10.2 Å². The van der Waals surface area contributed by atoms with Crippen molar-refractivity contribution in [1.29, 1.82) is 0 Å². The zero-order chi connectivity index (χ0) is 17.7. The van der Waals surface area contributed by atoms with E-state index < -0.39 is 35.8 Å². The molecule has 9 nitrogen and oxygen atoms in total. The van der Waals surface area contributed by atoms with Gasteiger partial charge in [-0.25, -0.2) is 10.3 Å². The third-order valence-electron chi connectivity index (χ3n) is 3.54. The topological polar surface area (TPSA) is 111 Å². The number of β-lactam (4-membered cyclic amide) rings is 1. The molecule has 1 aliphatic rings. The third-order valence-corrected chi connectivity index (χ3v) is 3.54. The maximum atomic E-state index is 12.2. The average molecular weight is 336 g/mol. The monoisotopic (exact) mass is 336 g/mol. The van der Waals surface area contributed by atoms with Crippen LogP contribution in [-0.2, 0) is 40.1 Å². The first-order valence-corrected chi connectivity index (χ1v) is 6.92. The van der Waals surface area contributed by atoms with Crippen molar-refractivity contribution in [3.8, 4) is 0 Å². The lowest BCUT2D eigenvalue weighted by molar-refractivity contribution is -0.196. The Kier molecular flexibility index (Phi) is 5.27. The molecule has 1 fully saturated rings. The standard InChI is InChI=1S/C15H16N2O7/c1-22-12(19)11(18)17-9-15(23-2,14(17)21)13(20)16-24-8-10-6-4-3-5-7-10/h3-7H,8-9H2,1-2H3,(H,16,20). The Morgan fingerprint density at radius 2 is 1.88 bits per heavy atom. The zero-order valence-electron chi connectivity index (χ0n) is 13.1. The van der Waals surface area contributed by atoms with Crippen molar-refractivity contribution in [2.45, 2.75) is 12.2 Å². The van der Waals surface area contributed by atoms with Gasteiger partial charge in [-0.05, 0) is 5.56 Å². The molecule has 0 spiro atoms. The van der Waals surface area contributed by atoms with Crippen molar-refractivity contribution in [2.75, 3.05) is 20.8 Å². The number of amides is 3. The smallest absolute Gasteiger partial charge is 0.397 e. The number of likely N-dealkylation sites (tertiary alicyclic amines) is 1. The number of carbonyl (C=O) groups excluding carboxylic acids is 4. The molecule has 128 valence electrons. The van der Waals surface area contributed by atoms with E-state index >= 15 is 0 Å². The lowest BCUT2D eigenvalue weighted by Crippen LogP contribution is -2.75. The summed E-state index contributed by atoms with van der Waals surface area (Å²) in [6.45, 7) is -0.317. The highest BCUT2D eigenvalue weighted by atomic mass is 16.7. The van der Waals surface area contributed by atoms with Crippen molar-refractivity contribution in [2.24, 2.45) is 0 Å². The summed E-state index contributed by atoms with van der Waals surface area (Å²) in [5.41, 5.74) is 1.03. The molecule has 1 N–H and O–H groups in total. The fourth-order valence-electron chi connectivity index (χ4n) is 2.11. The second-order valence-electron chi connectivity index (χ2n) is 4.92. The highest BCUT2D eigenvalue weighted by Crippen LogP contribution is 2.27. The predicted octanol–water partition coefficient (Wildman–Crippen LogP) is -0.839. The van der Waals surface area contributed by atoms with E-state index in [1.54, 1.807) is 12.1 Å². The molecule has 0 saturated carbocycles. The Hall–Kier alpha value is -2.78. The maximum absolute atomic E-state index is 12.2. The summed E-state index contributed by atoms with van der Waals surface area (Å²) in [4.78, 5) is 52.6. The van der Waals surface area contributed by atoms with Crippen LogP contribution in [0, 0.1) is 0 Å². The highest BCUT2D eigenvalue weighted by molar-refractivity contribution is 6.38. The Morgan fingerprint density at radius 1 is 1.21 bits per heavy atom. The molecule has 2 rings (SSSR count). The molecule has 1 heterocycles. The number of imide groups is 1. The van der Waals surface area contributed by atoms with E-state index in [1.807, 2.05) is 18.2 Å². The molecule has 3 amide bonds. The maximum Gasteiger partial charge on any atom is 0.397 e. The number of ether oxygens (including phenoxy) is 2. The summed E-state index contributed by atoms with van der Waals surface area (Å²) in [6.07, 6.45) is 0. The molecule has 1 saturated heterocycles. The van der Waals surface area contributed by atoms with Gasteiger partial charge in [-0.3, -0.25) is 24.1 Å². The van der Waals surface area contributed by atoms with Crippen molar-refractivity contribution in [3.05, 3.63) is 35.9 Å². The summed E-state index contributed by atoms with van der Waals surface area (Å²) in [5, 5.41) is 0. The van der Waals surface area contributed by atoms with Crippen LogP contribution in [0.25, 0.3) is 0 Å². The first-order chi connectivity index (χ1) is 11.5. The summed E-state index contributed by atoms with van der Waals surface area (Å²) in [5.74, 6) is -4.18. The Balaban J connectivity index is 1.93. The first kappa shape index (κ1) is 17.6. The lowest BCUT2D eigenvalue weighted by Gasteiger charge is -2.43. The van der Waals surface area contributed by atoms with Gasteiger partial charge in [0.2, 0.25) is 5.60 Å². The highest BCUT2D eigenvalue weighted by Gasteiger charge is 2.62. The second-order valence-corrected chi connectivity index (χ2v) is 4.92. The fourth-order valence-corrected chi connectivity index (χ4v) is 2.11. The second kappa shape index (κ2) is 7.20. The molecule has 0 bridgehead atoms. The zero-order valence-corrected chi connectivity index (χ0v) is 13.1. The van der Waals surface area contributed by atoms with Gasteiger partial charge in [0.05, 0.1) is 20.3 Å². The Labute approximate surface area is 137 Å². The third kappa shape index (κ3) is 3.12. The molecule has 0 radical (unpaired) electrons. The van der Waals surface area contributed by atoms with Crippen molar-refractivity contribution in [3.63, 3.8) is 0 Å². The van der Waals surface area contributed by atoms with Crippen LogP contribution in [0.1, 0.15) is 5.56 Å². The van der Waals surface area contributed by atoms with Gasteiger partial charge in [0.25, 0.3) is 11.8 Å². The van der Waals surface area contributed by atoms with Gasteiger partial charge in [0.15, 0.2) is 0 Å². The molecule has 0 aromatic heterocycles. The molecule has 1 aromatic rings. The largest absolute Gasteiger partial charge is 0.462 e. The summed E-state index contributed by atoms with van der Waals surface area (Å²) < 4.78 is 9.20. The van der Waals surface area contributed by atoms with Gasteiger partial charge in [0.1, 0.15) is 0 Å². The van der Waals surface area contributed by atoms with Crippen LogP contribution in [-0.4, -0.2) is 55.0 Å². The van der Waals surface area contributed by atoms with Gasteiger partial charge < -0.3 is 9.47 Å². The van der Waals surface area contributed by atoms with Crippen LogP contribution in [0.15, 0.2) is 30.3 Å². The number of hydroxylamine groups is 1. The first-order valence-electron chi connectivity index (χ1n) is 6.92. The Morgan fingerprint density at radius 3 is 2.42 bits per heavy atom.